The first-order valence-electron chi connectivity index (χ1n) is 5.29. The molecule has 4 nitrogen and oxygen atoms in total. The third-order valence-electron chi connectivity index (χ3n) is 1.82. The van der Waals surface area contributed by atoms with Gasteiger partial charge < -0.3 is 4.74 Å². The summed E-state index contributed by atoms with van der Waals surface area (Å²) in [6.07, 6.45) is -0.509. The van der Waals surface area contributed by atoms with Gasteiger partial charge in [0.15, 0.2) is 0 Å². The molecular formula is C12H17BrN2O2. The Balaban J connectivity index is 2.53. The summed E-state index contributed by atoms with van der Waals surface area (Å²) in [5.41, 5.74) is 6.68. The molecule has 0 unspecified atom stereocenters. The topological polar surface area (TPSA) is 50.4 Å². The molecule has 0 atom stereocenters. The fourth-order valence-electron chi connectivity index (χ4n) is 1.14. The van der Waals surface area contributed by atoms with Crippen LogP contribution in [0.5, 0.6) is 0 Å². The van der Waals surface area contributed by atoms with Gasteiger partial charge in [0.2, 0.25) is 0 Å². The number of nitrogens with one attached hydrogen (secondary N) is 2. The summed E-state index contributed by atoms with van der Waals surface area (Å²) in [4.78, 5) is 11.4. The highest BCUT2D eigenvalue weighted by molar-refractivity contribution is 9.10. The molecule has 94 valence electrons. The smallest absolute Gasteiger partial charge is 0.426 e. The van der Waals surface area contributed by atoms with E-state index in [4.69, 9.17) is 4.74 Å². The number of carbonyl (C=O) groups is 1. The monoisotopic (exact) mass is 300 g/mol. The highest BCUT2D eigenvalue weighted by Gasteiger charge is 2.15. The van der Waals surface area contributed by atoms with Crippen molar-refractivity contribution in [2.75, 3.05) is 5.43 Å². The first-order chi connectivity index (χ1) is 7.78. The summed E-state index contributed by atoms with van der Waals surface area (Å²) in [7, 11) is 0. The molecule has 5 heteroatoms. The van der Waals surface area contributed by atoms with Crippen LogP contribution in [-0.2, 0) is 4.74 Å². The number of aryl methyl sites for hydroxylation is 1. The molecule has 2 N–H and O–H groups in total. The number of carbonyl (C=O) groups excluding carboxylic acids is 1. The van der Waals surface area contributed by atoms with Crippen molar-refractivity contribution < 1.29 is 9.53 Å². The maximum atomic E-state index is 11.4. The summed E-state index contributed by atoms with van der Waals surface area (Å²) in [5, 5.41) is 0. The van der Waals surface area contributed by atoms with E-state index in [9.17, 15) is 4.79 Å². The quantitative estimate of drug-likeness (QED) is 0.820. The largest absolute Gasteiger partial charge is 0.443 e. The Bertz CT molecular complexity index is 413. The molecule has 0 aliphatic carbocycles. The molecular weight excluding hydrogens is 284 g/mol. The Morgan fingerprint density at radius 1 is 1.35 bits per heavy atom. The van der Waals surface area contributed by atoms with Crippen LogP contribution in [0.4, 0.5) is 10.5 Å². The van der Waals surface area contributed by atoms with Gasteiger partial charge in [-0.25, -0.2) is 10.2 Å². The second-order valence-electron chi connectivity index (χ2n) is 4.74. The third-order valence-corrected chi connectivity index (χ3v) is 2.48. The van der Waals surface area contributed by atoms with Gasteiger partial charge >= 0.3 is 6.09 Å². The van der Waals surface area contributed by atoms with Crippen LogP contribution in [0.25, 0.3) is 0 Å². The van der Waals surface area contributed by atoms with Crippen molar-refractivity contribution in [1.29, 1.82) is 0 Å². The predicted molar refractivity (Wildman–Crippen MR) is 71.9 cm³/mol. The second kappa shape index (κ2) is 5.40. The lowest BCUT2D eigenvalue weighted by atomic mass is 10.2. The molecule has 1 amide bonds. The van der Waals surface area contributed by atoms with Gasteiger partial charge in [-0.3, -0.25) is 5.43 Å². The van der Waals surface area contributed by atoms with Crippen molar-refractivity contribution in [3.63, 3.8) is 0 Å². The number of halogens is 1. The predicted octanol–water partition coefficient (Wildman–Crippen LogP) is 3.61. The highest BCUT2D eigenvalue weighted by atomic mass is 79.9. The Hall–Kier alpha value is -1.23. The molecule has 0 bridgehead atoms. The Labute approximate surface area is 110 Å². The van der Waals surface area contributed by atoms with Crippen LogP contribution in [0.2, 0.25) is 0 Å². The normalized spacial score (nSPS) is 10.9. The van der Waals surface area contributed by atoms with Crippen LogP contribution in [-0.4, -0.2) is 11.7 Å². The van der Waals surface area contributed by atoms with Crippen LogP contribution in [0.15, 0.2) is 22.7 Å². The molecule has 0 saturated carbocycles. The molecule has 0 aromatic heterocycles. The van der Waals surface area contributed by atoms with Crippen molar-refractivity contribution in [3.05, 3.63) is 28.2 Å². The molecule has 0 heterocycles. The van der Waals surface area contributed by atoms with E-state index < -0.39 is 11.7 Å². The van der Waals surface area contributed by atoms with Gasteiger partial charge in [0.25, 0.3) is 0 Å². The van der Waals surface area contributed by atoms with E-state index in [1.54, 1.807) is 0 Å². The van der Waals surface area contributed by atoms with Crippen molar-refractivity contribution >= 4 is 27.7 Å². The molecule has 0 fully saturated rings. The first kappa shape index (κ1) is 13.8. The van der Waals surface area contributed by atoms with Gasteiger partial charge in [-0.1, -0.05) is 6.07 Å². The van der Waals surface area contributed by atoms with E-state index in [2.05, 4.69) is 26.8 Å². The summed E-state index contributed by atoms with van der Waals surface area (Å²) in [5.74, 6) is 0. The van der Waals surface area contributed by atoms with Crippen LogP contribution < -0.4 is 10.9 Å². The fourth-order valence-corrected chi connectivity index (χ4v) is 1.74. The minimum Gasteiger partial charge on any atom is -0.443 e. The second-order valence-corrected chi connectivity index (χ2v) is 5.59. The van der Waals surface area contributed by atoms with Gasteiger partial charge in [-0.2, -0.15) is 0 Å². The minimum absolute atomic E-state index is 0.504. The molecule has 1 rings (SSSR count). The molecule has 0 spiro atoms. The molecule has 0 radical (unpaired) electrons. The summed E-state index contributed by atoms with van der Waals surface area (Å²) in [6.45, 7) is 7.44. The molecule has 1 aromatic carbocycles. The van der Waals surface area contributed by atoms with Gasteiger partial charge in [-0.15, -0.1) is 0 Å². The number of hydrogen-bond acceptors (Lipinski definition) is 3. The number of hydrogen-bond donors (Lipinski definition) is 2. The molecule has 0 aliphatic rings. The summed E-state index contributed by atoms with van der Waals surface area (Å²) < 4.78 is 5.98. The highest BCUT2D eigenvalue weighted by Crippen LogP contribution is 2.22. The maximum absolute atomic E-state index is 11.4. The lowest BCUT2D eigenvalue weighted by Crippen LogP contribution is -2.35. The fraction of sp³-hybridized carbons (Fsp3) is 0.417. The maximum Gasteiger partial charge on any atom is 0.426 e. The van der Waals surface area contributed by atoms with Crippen LogP contribution in [0, 0.1) is 6.92 Å². The summed E-state index contributed by atoms with van der Waals surface area (Å²) >= 11 is 3.40. The Morgan fingerprint density at radius 3 is 2.53 bits per heavy atom. The van der Waals surface area contributed by atoms with E-state index in [0.717, 1.165) is 15.7 Å². The Morgan fingerprint density at radius 2 is 2.00 bits per heavy atom. The lowest BCUT2D eigenvalue weighted by molar-refractivity contribution is 0.0541. The van der Waals surface area contributed by atoms with Crippen molar-refractivity contribution in [2.45, 2.75) is 33.3 Å². The number of rotatable bonds is 2. The zero-order valence-electron chi connectivity index (χ0n) is 10.4. The van der Waals surface area contributed by atoms with Gasteiger partial charge in [0, 0.05) is 4.47 Å². The van der Waals surface area contributed by atoms with Gasteiger partial charge in [0.1, 0.15) is 5.60 Å². The van der Waals surface area contributed by atoms with Crippen molar-refractivity contribution in [2.24, 2.45) is 0 Å². The molecule has 1 aromatic rings. The van der Waals surface area contributed by atoms with Crippen LogP contribution in [0.3, 0.4) is 0 Å². The molecule has 0 saturated heterocycles. The summed E-state index contributed by atoms with van der Waals surface area (Å²) in [6, 6.07) is 5.78. The standard InChI is InChI=1S/C12H17BrN2O2/c1-8-5-6-10(9(13)7-8)14-15-11(16)17-12(2,3)4/h5-7,14H,1-4H3,(H,15,16). The van der Waals surface area contributed by atoms with E-state index in [-0.39, 0.29) is 0 Å². The third kappa shape index (κ3) is 5.08. The number of anilines is 1. The van der Waals surface area contributed by atoms with E-state index >= 15 is 0 Å². The Kier molecular flexibility index (Phi) is 4.40. The number of amides is 1. The zero-order valence-corrected chi connectivity index (χ0v) is 12.0. The van der Waals surface area contributed by atoms with Crippen molar-refractivity contribution in [1.82, 2.24) is 5.43 Å². The zero-order chi connectivity index (χ0) is 13.1. The van der Waals surface area contributed by atoms with E-state index in [1.165, 1.54) is 0 Å². The van der Waals surface area contributed by atoms with E-state index in [1.807, 2.05) is 45.9 Å². The average molecular weight is 301 g/mol. The minimum atomic E-state index is -0.509. The SMILES string of the molecule is Cc1ccc(NNC(=O)OC(C)(C)C)c(Br)c1. The van der Waals surface area contributed by atoms with Crippen molar-refractivity contribution in [3.8, 4) is 0 Å². The van der Waals surface area contributed by atoms with Gasteiger partial charge in [-0.05, 0) is 61.3 Å². The van der Waals surface area contributed by atoms with E-state index in [0.29, 0.717) is 0 Å². The van der Waals surface area contributed by atoms with Gasteiger partial charge in [0.05, 0.1) is 5.69 Å². The number of benzene rings is 1. The lowest BCUT2D eigenvalue weighted by Gasteiger charge is -2.20. The van der Waals surface area contributed by atoms with Crippen LogP contribution in [0.1, 0.15) is 26.3 Å². The molecule has 0 aliphatic heterocycles. The van der Waals surface area contributed by atoms with Crippen LogP contribution >= 0.6 is 15.9 Å². The first-order valence-corrected chi connectivity index (χ1v) is 6.08. The average Bonchev–Trinajstić information content (AvgIpc) is 2.13. The number of hydrazine groups is 1. The number of ether oxygens (including phenoxy) is 1. The molecule has 17 heavy (non-hydrogen) atoms.